The van der Waals surface area contributed by atoms with E-state index in [9.17, 15) is 0 Å². The molecule has 0 aliphatic carbocycles. The SMILES string of the molecule is COc1ccc(Nc2cccc(Cl)c2N)c(OC)c1. The van der Waals surface area contributed by atoms with Crippen LogP contribution in [0.4, 0.5) is 17.1 Å². The highest BCUT2D eigenvalue weighted by atomic mass is 35.5. The van der Waals surface area contributed by atoms with Gasteiger partial charge in [0.05, 0.1) is 36.3 Å². The van der Waals surface area contributed by atoms with Gasteiger partial charge in [-0.1, -0.05) is 17.7 Å². The molecule has 0 fully saturated rings. The van der Waals surface area contributed by atoms with E-state index in [0.717, 1.165) is 17.1 Å². The van der Waals surface area contributed by atoms with Gasteiger partial charge in [-0.3, -0.25) is 0 Å². The number of hydrogen-bond acceptors (Lipinski definition) is 4. The molecule has 0 aliphatic rings. The van der Waals surface area contributed by atoms with Crippen LogP contribution < -0.4 is 20.5 Å². The molecule has 0 bridgehead atoms. The van der Waals surface area contributed by atoms with Gasteiger partial charge >= 0.3 is 0 Å². The van der Waals surface area contributed by atoms with E-state index in [-0.39, 0.29) is 0 Å². The molecular weight excluding hydrogens is 264 g/mol. The lowest BCUT2D eigenvalue weighted by Gasteiger charge is -2.14. The van der Waals surface area contributed by atoms with Gasteiger partial charge < -0.3 is 20.5 Å². The van der Waals surface area contributed by atoms with Crippen molar-refractivity contribution < 1.29 is 9.47 Å². The van der Waals surface area contributed by atoms with Crippen molar-refractivity contribution in [2.24, 2.45) is 0 Å². The Morgan fingerprint density at radius 2 is 1.84 bits per heavy atom. The lowest BCUT2D eigenvalue weighted by Crippen LogP contribution is -1.99. The summed E-state index contributed by atoms with van der Waals surface area (Å²) in [6.45, 7) is 0. The second-order valence-electron chi connectivity index (χ2n) is 3.89. The van der Waals surface area contributed by atoms with Crippen molar-refractivity contribution in [3.8, 4) is 11.5 Å². The largest absolute Gasteiger partial charge is 0.497 e. The van der Waals surface area contributed by atoms with E-state index in [1.807, 2.05) is 24.3 Å². The van der Waals surface area contributed by atoms with Crippen molar-refractivity contribution in [2.45, 2.75) is 0 Å². The van der Waals surface area contributed by atoms with Crippen molar-refractivity contribution in [3.63, 3.8) is 0 Å². The fraction of sp³-hybridized carbons (Fsp3) is 0.143. The minimum absolute atomic E-state index is 0.502. The van der Waals surface area contributed by atoms with E-state index < -0.39 is 0 Å². The lowest BCUT2D eigenvalue weighted by molar-refractivity contribution is 0.395. The van der Waals surface area contributed by atoms with Gasteiger partial charge in [-0.25, -0.2) is 0 Å². The molecule has 3 N–H and O–H groups in total. The topological polar surface area (TPSA) is 56.5 Å². The molecule has 2 aromatic carbocycles. The fourth-order valence-corrected chi connectivity index (χ4v) is 1.87. The van der Waals surface area contributed by atoms with Gasteiger partial charge in [-0.15, -0.1) is 0 Å². The Bertz CT molecular complexity index is 588. The minimum Gasteiger partial charge on any atom is -0.497 e. The average molecular weight is 279 g/mol. The summed E-state index contributed by atoms with van der Waals surface area (Å²) < 4.78 is 10.5. The molecule has 19 heavy (non-hydrogen) atoms. The van der Waals surface area contributed by atoms with Gasteiger partial charge in [-0.05, 0) is 24.3 Å². The van der Waals surface area contributed by atoms with E-state index in [1.54, 1.807) is 26.4 Å². The number of nitrogens with one attached hydrogen (secondary N) is 1. The Labute approximate surface area is 117 Å². The zero-order chi connectivity index (χ0) is 13.8. The smallest absolute Gasteiger partial charge is 0.145 e. The van der Waals surface area contributed by atoms with Crippen molar-refractivity contribution in [1.29, 1.82) is 0 Å². The van der Waals surface area contributed by atoms with Crippen LogP contribution in [-0.4, -0.2) is 14.2 Å². The lowest BCUT2D eigenvalue weighted by atomic mass is 10.2. The standard InChI is InChI=1S/C14H15ClN2O2/c1-18-9-6-7-11(13(8-9)19-2)17-12-5-3-4-10(15)14(12)16/h3-8,17H,16H2,1-2H3. The van der Waals surface area contributed by atoms with Crippen LogP contribution in [0.3, 0.4) is 0 Å². The van der Waals surface area contributed by atoms with E-state index in [2.05, 4.69) is 5.32 Å². The maximum atomic E-state index is 5.99. The average Bonchev–Trinajstić information content (AvgIpc) is 2.44. The minimum atomic E-state index is 0.502. The third-order valence-electron chi connectivity index (χ3n) is 2.73. The van der Waals surface area contributed by atoms with Crippen molar-refractivity contribution in [3.05, 3.63) is 41.4 Å². The van der Waals surface area contributed by atoms with Gasteiger partial charge in [0, 0.05) is 6.07 Å². The van der Waals surface area contributed by atoms with E-state index in [4.69, 9.17) is 26.8 Å². The van der Waals surface area contributed by atoms with Crippen LogP contribution >= 0.6 is 11.6 Å². The van der Waals surface area contributed by atoms with Crippen molar-refractivity contribution >= 4 is 28.7 Å². The predicted molar refractivity (Wildman–Crippen MR) is 78.7 cm³/mol. The summed E-state index contributed by atoms with van der Waals surface area (Å²) in [5.74, 6) is 1.39. The van der Waals surface area contributed by atoms with Crippen molar-refractivity contribution in [1.82, 2.24) is 0 Å². The van der Waals surface area contributed by atoms with E-state index in [0.29, 0.717) is 16.5 Å². The molecule has 0 atom stereocenters. The summed E-state index contributed by atoms with van der Waals surface area (Å²) in [5.41, 5.74) is 7.94. The summed E-state index contributed by atoms with van der Waals surface area (Å²) in [6, 6.07) is 10.9. The van der Waals surface area contributed by atoms with Gasteiger partial charge in [-0.2, -0.15) is 0 Å². The first-order valence-electron chi connectivity index (χ1n) is 5.68. The predicted octanol–water partition coefficient (Wildman–Crippen LogP) is 3.68. The maximum Gasteiger partial charge on any atom is 0.145 e. The summed E-state index contributed by atoms with van der Waals surface area (Å²) in [5, 5.41) is 3.71. The number of ether oxygens (including phenoxy) is 2. The molecule has 0 spiro atoms. The molecule has 0 radical (unpaired) electrons. The highest BCUT2D eigenvalue weighted by Gasteiger charge is 2.08. The first-order chi connectivity index (χ1) is 9.15. The van der Waals surface area contributed by atoms with Gasteiger partial charge in [0.15, 0.2) is 0 Å². The molecule has 0 amide bonds. The zero-order valence-electron chi connectivity index (χ0n) is 10.7. The molecular formula is C14H15ClN2O2. The van der Waals surface area contributed by atoms with Crippen LogP contribution in [0.2, 0.25) is 5.02 Å². The molecule has 5 heteroatoms. The molecule has 0 aliphatic heterocycles. The number of halogens is 1. The van der Waals surface area contributed by atoms with E-state index >= 15 is 0 Å². The molecule has 2 rings (SSSR count). The number of anilines is 3. The number of rotatable bonds is 4. The van der Waals surface area contributed by atoms with Crippen LogP contribution in [0, 0.1) is 0 Å². The number of benzene rings is 2. The molecule has 4 nitrogen and oxygen atoms in total. The monoisotopic (exact) mass is 278 g/mol. The van der Waals surface area contributed by atoms with Crippen LogP contribution in [0.1, 0.15) is 0 Å². The fourth-order valence-electron chi connectivity index (χ4n) is 1.69. The molecule has 0 aromatic heterocycles. The Balaban J connectivity index is 2.35. The number of nitrogen functional groups attached to an aromatic ring is 1. The quantitative estimate of drug-likeness (QED) is 0.838. The number of hydrogen-bond donors (Lipinski definition) is 2. The summed E-state index contributed by atoms with van der Waals surface area (Å²) in [4.78, 5) is 0. The Hall–Kier alpha value is -2.07. The Morgan fingerprint density at radius 3 is 2.53 bits per heavy atom. The molecule has 0 saturated heterocycles. The molecule has 0 unspecified atom stereocenters. The van der Waals surface area contributed by atoms with E-state index in [1.165, 1.54) is 0 Å². The molecule has 2 aromatic rings. The second kappa shape index (κ2) is 5.71. The van der Waals surface area contributed by atoms with Crippen LogP contribution in [-0.2, 0) is 0 Å². The third kappa shape index (κ3) is 2.85. The summed E-state index contributed by atoms with van der Waals surface area (Å²) >= 11 is 5.99. The second-order valence-corrected chi connectivity index (χ2v) is 4.30. The van der Waals surface area contributed by atoms with Gasteiger partial charge in [0.2, 0.25) is 0 Å². The van der Waals surface area contributed by atoms with Crippen molar-refractivity contribution in [2.75, 3.05) is 25.3 Å². The molecule has 0 saturated carbocycles. The zero-order valence-corrected chi connectivity index (χ0v) is 11.5. The first-order valence-corrected chi connectivity index (χ1v) is 6.06. The van der Waals surface area contributed by atoms with Crippen LogP contribution in [0.5, 0.6) is 11.5 Å². The van der Waals surface area contributed by atoms with Crippen LogP contribution in [0.15, 0.2) is 36.4 Å². The first kappa shape index (κ1) is 13.4. The van der Waals surface area contributed by atoms with Crippen LogP contribution in [0.25, 0.3) is 0 Å². The number of nitrogens with two attached hydrogens (primary N) is 1. The number of methoxy groups -OCH3 is 2. The molecule has 0 heterocycles. The highest BCUT2D eigenvalue weighted by Crippen LogP contribution is 2.35. The Kier molecular flexibility index (Phi) is 4.02. The summed E-state index contributed by atoms with van der Waals surface area (Å²) in [7, 11) is 3.21. The third-order valence-corrected chi connectivity index (χ3v) is 3.06. The maximum absolute atomic E-state index is 5.99. The Morgan fingerprint density at radius 1 is 1.05 bits per heavy atom. The molecule has 100 valence electrons. The van der Waals surface area contributed by atoms with Gasteiger partial charge in [0.25, 0.3) is 0 Å². The summed E-state index contributed by atoms with van der Waals surface area (Å²) in [6.07, 6.45) is 0. The normalized spacial score (nSPS) is 10.1. The highest BCUT2D eigenvalue weighted by molar-refractivity contribution is 6.33. The van der Waals surface area contributed by atoms with Gasteiger partial charge in [0.1, 0.15) is 11.5 Å². The number of para-hydroxylation sites is 1.